The third-order valence-electron chi connectivity index (χ3n) is 3.50. The average molecular weight is 329 g/mol. The Hall–Kier alpha value is -3.09. The van der Waals surface area contributed by atoms with Gasteiger partial charge in [-0.1, -0.05) is 0 Å². The van der Waals surface area contributed by atoms with Crippen LogP contribution < -0.4 is 5.32 Å². The first-order valence-corrected chi connectivity index (χ1v) is 7.39. The zero-order valence-corrected chi connectivity index (χ0v) is 12.9. The van der Waals surface area contributed by atoms with Crippen molar-refractivity contribution in [1.82, 2.24) is 0 Å². The summed E-state index contributed by atoms with van der Waals surface area (Å²) >= 11 is 0. The predicted octanol–water partition coefficient (Wildman–Crippen LogP) is 2.39. The van der Waals surface area contributed by atoms with Crippen LogP contribution in [0.3, 0.4) is 0 Å². The Bertz CT molecular complexity index is 750. The van der Waals surface area contributed by atoms with E-state index in [0.717, 1.165) is 0 Å². The van der Waals surface area contributed by atoms with E-state index in [1.807, 2.05) is 0 Å². The number of furan rings is 1. The fourth-order valence-corrected chi connectivity index (χ4v) is 2.30. The van der Waals surface area contributed by atoms with Crippen LogP contribution in [0, 0.1) is 0 Å². The maximum atomic E-state index is 12.0. The summed E-state index contributed by atoms with van der Waals surface area (Å²) in [5.74, 6) is -1.35. The van der Waals surface area contributed by atoms with Gasteiger partial charge >= 0.3 is 11.9 Å². The number of hydrogen-bond acceptors (Lipinski definition) is 6. The first kappa shape index (κ1) is 15.8. The number of anilines is 1. The van der Waals surface area contributed by atoms with Crippen molar-refractivity contribution in [2.24, 2.45) is 0 Å². The number of nitrogens with one attached hydrogen (secondary N) is 1. The monoisotopic (exact) mass is 329 g/mol. The molecule has 1 aliphatic heterocycles. The zero-order chi connectivity index (χ0) is 17.1. The molecule has 1 aromatic heterocycles. The Morgan fingerprint density at radius 2 is 1.96 bits per heavy atom. The number of amides is 1. The fraction of sp³-hybridized carbons (Fsp3) is 0.235. The first-order chi connectivity index (χ1) is 11.5. The van der Waals surface area contributed by atoms with Crippen molar-refractivity contribution in [2.75, 3.05) is 5.32 Å². The molecule has 0 saturated carbocycles. The second-order valence-corrected chi connectivity index (χ2v) is 5.39. The second-order valence-electron chi connectivity index (χ2n) is 5.39. The SMILES string of the molecule is C[C@@H]1C[C@@H](OC(=O)c2ccc(NC(=O)c3ccco3)cc2)C(=O)O1. The Labute approximate surface area is 137 Å². The number of cyclic esters (lactones) is 1. The molecular weight excluding hydrogens is 314 g/mol. The largest absolute Gasteiger partial charge is 0.460 e. The summed E-state index contributed by atoms with van der Waals surface area (Å²) in [6.07, 6.45) is 0.630. The summed E-state index contributed by atoms with van der Waals surface area (Å²) in [6.45, 7) is 1.74. The van der Waals surface area contributed by atoms with Gasteiger partial charge in [-0.05, 0) is 43.3 Å². The van der Waals surface area contributed by atoms with Crippen LogP contribution in [0.5, 0.6) is 0 Å². The quantitative estimate of drug-likeness (QED) is 0.866. The van der Waals surface area contributed by atoms with Crippen LogP contribution in [0.1, 0.15) is 34.3 Å². The normalized spacial score (nSPS) is 19.6. The van der Waals surface area contributed by atoms with E-state index in [1.54, 1.807) is 31.2 Å². The predicted molar refractivity (Wildman–Crippen MR) is 82.5 cm³/mol. The summed E-state index contributed by atoms with van der Waals surface area (Å²) in [4.78, 5) is 35.4. The van der Waals surface area contributed by atoms with E-state index in [-0.39, 0.29) is 17.4 Å². The molecule has 0 aliphatic carbocycles. The molecule has 7 heteroatoms. The fourth-order valence-electron chi connectivity index (χ4n) is 2.30. The van der Waals surface area contributed by atoms with Gasteiger partial charge in [-0.3, -0.25) is 4.79 Å². The molecule has 1 aliphatic rings. The van der Waals surface area contributed by atoms with E-state index in [0.29, 0.717) is 12.1 Å². The summed E-state index contributed by atoms with van der Waals surface area (Å²) in [6, 6.07) is 9.29. The lowest BCUT2D eigenvalue weighted by molar-refractivity contribution is -0.147. The molecule has 2 heterocycles. The Morgan fingerprint density at radius 1 is 1.21 bits per heavy atom. The smallest absolute Gasteiger partial charge is 0.347 e. The molecule has 3 rings (SSSR count). The average Bonchev–Trinajstić information content (AvgIpc) is 3.18. The van der Waals surface area contributed by atoms with Crippen molar-refractivity contribution < 1.29 is 28.3 Å². The van der Waals surface area contributed by atoms with E-state index in [2.05, 4.69) is 5.32 Å². The van der Waals surface area contributed by atoms with Crippen molar-refractivity contribution in [3.05, 3.63) is 54.0 Å². The van der Waals surface area contributed by atoms with Crippen LogP contribution in [0.4, 0.5) is 5.69 Å². The van der Waals surface area contributed by atoms with Gasteiger partial charge in [0.05, 0.1) is 11.8 Å². The number of hydrogen-bond donors (Lipinski definition) is 1. The highest BCUT2D eigenvalue weighted by atomic mass is 16.6. The molecule has 0 unspecified atom stereocenters. The third kappa shape index (κ3) is 3.45. The lowest BCUT2D eigenvalue weighted by Crippen LogP contribution is -2.22. The van der Waals surface area contributed by atoms with Crippen LogP contribution >= 0.6 is 0 Å². The van der Waals surface area contributed by atoms with E-state index in [1.165, 1.54) is 18.4 Å². The van der Waals surface area contributed by atoms with Gasteiger partial charge in [0, 0.05) is 12.1 Å². The summed E-state index contributed by atoms with van der Waals surface area (Å²) in [7, 11) is 0. The number of ether oxygens (including phenoxy) is 2. The molecule has 1 aromatic carbocycles. The van der Waals surface area contributed by atoms with Gasteiger partial charge in [-0.25, -0.2) is 9.59 Å². The van der Waals surface area contributed by atoms with E-state index in [4.69, 9.17) is 13.9 Å². The standard InChI is InChI=1S/C17H15NO6/c1-10-9-14(17(21)23-10)24-16(20)11-4-6-12(7-5-11)18-15(19)13-3-2-8-22-13/h2-8,10,14H,9H2,1H3,(H,18,19)/t10-,14-/m1/s1. The highest BCUT2D eigenvalue weighted by Gasteiger charge is 2.35. The van der Waals surface area contributed by atoms with Gasteiger partial charge in [0.2, 0.25) is 6.10 Å². The molecule has 7 nitrogen and oxygen atoms in total. The Morgan fingerprint density at radius 3 is 2.54 bits per heavy atom. The minimum atomic E-state index is -0.870. The van der Waals surface area contributed by atoms with E-state index in [9.17, 15) is 14.4 Å². The van der Waals surface area contributed by atoms with Crippen molar-refractivity contribution >= 4 is 23.5 Å². The van der Waals surface area contributed by atoms with Crippen LogP contribution in [0.25, 0.3) is 0 Å². The van der Waals surface area contributed by atoms with Crippen LogP contribution in [-0.2, 0) is 14.3 Å². The molecule has 0 bridgehead atoms. The molecule has 1 fully saturated rings. The van der Waals surface area contributed by atoms with Crippen molar-refractivity contribution in [1.29, 1.82) is 0 Å². The Balaban J connectivity index is 1.60. The molecule has 0 spiro atoms. The summed E-state index contributed by atoms with van der Waals surface area (Å²) in [5.41, 5.74) is 0.778. The molecule has 24 heavy (non-hydrogen) atoms. The van der Waals surface area contributed by atoms with Gasteiger partial charge in [0.15, 0.2) is 5.76 Å². The van der Waals surface area contributed by atoms with Crippen LogP contribution in [0.2, 0.25) is 0 Å². The maximum absolute atomic E-state index is 12.0. The van der Waals surface area contributed by atoms with E-state index >= 15 is 0 Å². The highest BCUT2D eigenvalue weighted by Crippen LogP contribution is 2.19. The molecule has 2 aromatic rings. The number of carbonyl (C=O) groups excluding carboxylic acids is 3. The van der Waals surface area contributed by atoms with E-state index < -0.39 is 23.9 Å². The molecule has 1 saturated heterocycles. The molecule has 1 amide bonds. The van der Waals surface area contributed by atoms with Gasteiger partial charge < -0.3 is 19.2 Å². The van der Waals surface area contributed by atoms with Crippen molar-refractivity contribution in [2.45, 2.75) is 25.6 Å². The van der Waals surface area contributed by atoms with Crippen molar-refractivity contribution in [3.8, 4) is 0 Å². The maximum Gasteiger partial charge on any atom is 0.347 e. The van der Waals surface area contributed by atoms with Crippen LogP contribution in [0.15, 0.2) is 47.1 Å². The minimum absolute atomic E-state index is 0.187. The number of rotatable bonds is 4. The lowest BCUT2D eigenvalue weighted by Gasteiger charge is -2.09. The number of benzene rings is 1. The minimum Gasteiger partial charge on any atom is -0.460 e. The third-order valence-corrected chi connectivity index (χ3v) is 3.50. The van der Waals surface area contributed by atoms with Gasteiger partial charge in [-0.2, -0.15) is 0 Å². The molecule has 1 N–H and O–H groups in total. The Kier molecular flexibility index (Phi) is 4.33. The summed E-state index contributed by atoms with van der Waals surface area (Å²) in [5, 5.41) is 2.64. The first-order valence-electron chi connectivity index (χ1n) is 7.39. The van der Waals surface area contributed by atoms with Crippen molar-refractivity contribution in [3.63, 3.8) is 0 Å². The molecular formula is C17H15NO6. The molecule has 124 valence electrons. The zero-order valence-electron chi connectivity index (χ0n) is 12.9. The van der Waals surface area contributed by atoms with Gasteiger partial charge in [0.1, 0.15) is 6.10 Å². The molecule has 2 atom stereocenters. The number of carbonyl (C=O) groups is 3. The second kappa shape index (κ2) is 6.57. The molecule has 0 radical (unpaired) electrons. The highest BCUT2D eigenvalue weighted by molar-refractivity contribution is 6.02. The van der Waals surface area contributed by atoms with Gasteiger partial charge in [-0.15, -0.1) is 0 Å². The topological polar surface area (TPSA) is 94.8 Å². The summed E-state index contributed by atoms with van der Waals surface area (Å²) < 4.78 is 15.1. The van der Waals surface area contributed by atoms with Crippen LogP contribution in [-0.4, -0.2) is 30.1 Å². The van der Waals surface area contributed by atoms with Gasteiger partial charge in [0.25, 0.3) is 5.91 Å². The lowest BCUT2D eigenvalue weighted by atomic mass is 10.2. The number of esters is 2.